The van der Waals surface area contributed by atoms with Crippen molar-refractivity contribution >= 4 is 5.78 Å². The highest BCUT2D eigenvalue weighted by molar-refractivity contribution is 5.79. The van der Waals surface area contributed by atoms with Gasteiger partial charge in [-0.2, -0.15) is 0 Å². The van der Waals surface area contributed by atoms with Gasteiger partial charge in [0, 0.05) is 37.6 Å². The maximum absolute atomic E-state index is 12.3. The quantitative estimate of drug-likeness (QED) is 0.879. The molecule has 2 aliphatic rings. The van der Waals surface area contributed by atoms with E-state index in [1.54, 1.807) is 0 Å². The number of imidazole rings is 1. The van der Waals surface area contributed by atoms with Crippen LogP contribution in [0.3, 0.4) is 0 Å². The van der Waals surface area contributed by atoms with Gasteiger partial charge in [-0.05, 0) is 56.3 Å². The van der Waals surface area contributed by atoms with Crippen molar-refractivity contribution in [1.29, 1.82) is 0 Å². The van der Waals surface area contributed by atoms with Crippen LogP contribution in [0.2, 0.25) is 0 Å². The maximum Gasteiger partial charge on any atom is 0.133 e. The third-order valence-corrected chi connectivity index (χ3v) is 5.55. The van der Waals surface area contributed by atoms with E-state index in [2.05, 4.69) is 40.3 Å². The number of carbonyl (C=O) groups excluding carboxylic acids is 1. The van der Waals surface area contributed by atoms with E-state index in [9.17, 15) is 4.79 Å². The number of Topliss-reactive ketones (excluding diaryl/α,β-unsaturated/α-hetero) is 1. The summed E-state index contributed by atoms with van der Waals surface area (Å²) in [6, 6.07) is 8.55. The fourth-order valence-corrected chi connectivity index (χ4v) is 4.07. The summed E-state index contributed by atoms with van der Waals surface area (Å²) < 4.78 is 2.27. The number of ketones is 1. The number of nitrogens with one attached hydrogen (secondary N) is 1. The molecule has 132 valence electrons. The summed E-state index contributed by atoms with van der Waals surface area (Å²) in [7, 11) is 0. The van der Waals surface area contributed by atoms with E-state index >= 15 is 0 Å². The third-order valence-electron chi connectivity index (χ3n) is 5.55. The predicted octanol–water partition coefficient (Wildman–Crippen LogP) is 3.39. The average molecular weight is 337 g/mol. The molecule has 0 aliphatic carbocycles. The smallest absolute Gasteiger partial charge is 0.133 e. The number of piperidine rings is 1. The van der Waals surface area contributed by atoms with Gasteiger partial charge in [-0.25, -0.2) is 4.98 Å². The minimum Gasteiger partial charge on any atom is -0.334 e. The molecule has 0 saturated carbocycles. The minimum atomic E-state index is 0.415. The summed E-state index contributed by atoms with van der Waals surface area (Å²) in [5, 5.41) is 3.36. The monoisotopic (exact) mass is 337 g/mol. The maximum atomic E-state index is 12.3. The molecule has 1 aromatic carbocycles. The average Bonchev–Trinajstić information content (AvgIpc) is 3.23. The molecule has 0 unspecified atom stereocenters. The Morgan fingerprint density at radius 2 is 2.16 bits per heavy atom. The molecule has 25 heavy (non-hydrogen) atoms. The lowest BCUT2D eigenvalue weighted by molar-refractivity contribution is -0.120. The molecule has 2 aliphatic heterocycles. The summed E-state index contributed by atoms with van der Waals surface area (Å²) in [4.78, 5) is 17.1. The van der Waals surface area contributed by atoms with Gasteiger partial charge in [0.25, 0.3) is 0 Å². The van der Waals surface area contributed by atoms with Gasteiger partial charge in [-0.1, -0.05) is 18.2 Å². The third kappa shape index (κ3) is 4.01. The molecule has 3 heterocycles. The van der Waals surface area contributed by atoms with Crippen LogP contribution in [0.15, 0.2) is 30.5 Å². The van der Waals surface area contributed by atoms with Crippen LogP contribution in [0, 0.1) is 5.92 Å². The summed E-state index contributed by atoms with van der Waals surface area (Å²) in [5.74, 6) is 2.21. The molecule has 0 amide bonds. The first-order valence-electron chi connectivity index (χ1n) is 9.66. The Morgan fingerprint density at radius 1 is 1.28 bits per heavy atom. The van der Waals surface area contributed by atoms with E-state index in [1.165, 1.54) is 23.4 Å². The molecule has 0 bridgehead atoms. The van der Waals surface area contributed by atoms with Gasteiger partial charge in [0.2, 0.25) is 0 Å². The Hall–Kier alpha value is -1.94. The zero-order valence-electron chi connectivity index (χ0n) is 14.8. The van der Waals surface area contributed by atoms with Crippen LogP contribution in [-0.2, 0) is 24.2 Å². The minimum absolute atomic E-state index is 0.415. The van der Waals surface area contributed by atoms with E-state index in [0.717, 1.165) is 57.4 Å². The van der Waals surface area contributed by atoms with Gasteiger partial charge in [0.05, 0.1) is 5.69 Å². The van der Waals surface area contributed by atoms with Crippen LogP contribution in [-0.4, -0.2) is 28.4 Å². The number of aryl methyl sites for hydroxylation is 3. The Labute approximate surface area is 149 Å². The summed E-state index contributed by atoms with van der Waals surface area (Å²) >= 11 is 0. The van der Waals surface area contributed by atoms with E-state index < -0.39 is 0 Å². The lowest BCUT2D eigenvalue weighted by Gasteiger charge is -2.21. The van der Waals surface area contributed by atoms with E-state index in [-0.39, 0.29) is 0 Å². The largest absolute Gasteiger partial charge is 0.334 e. The van der Waals surface area contributed by atoms with Crippen LogP contribution in [0.25, 0.3) is 11.3 Å². The first-order chi connectivity index (χ1) is 12.3. The molecule has 0 radical (unpaired) electrons. The van der Waals surface area contributed by atoms with Gasteiger partial charge < -0.3 is 9.88 Å². The van der Waals surface area contributed by atoms with E-state index in [1.807, 2.05) is 0 Å². The van der Waals surface area contributed by atoms with Crippen LogP contribution in [0.5, 0.6) is 0 Å². The molecule has 1 aromatic heterocycles. The number of hydrogen-bond acceptors (Lipinski definition) is 3. The normalized spacial score (nSPS) is 17.6. The van der Waals surface area contributed by atoms with Crippen molar-refractivity contribution in [2.24, 2.45) is 5.92 Å². The second kappa shape index (κ2) is 7.52. The lowest BCUT2D eigenvalue weighted by atomic mass is 9.91. The SMILES string of the molecule is O=C(CCc1cccc(-c2cn3c(n2)CCC3)c1)CC1CCNCC1. The molecule has 4 rings (SSSR count). The highest BCUT2D eigenvalue weighted by Gasteiger charge is 2.17. The number of fused-ring (bicyclic) bond motifs is 1. The molecule has 0 spiro atoms. The molecule has 1 fully saturated rings. The molecule has 2 aromatic rings. The fraction of sp³-hybridized carbons (Fsp3) is 0.524. The molecular weight excluding hydrogens is 310 g/mol. The number of hydrogen-bond donors (Lipinski definition) is 1. The van der Waals surface area contributed by atoms with Crippen LogP contribution in [0.4, 0.5) is 0 Å². The second-order valence-corrected chi connectivity index (χ2v) is 7.48. The van der Waals surface area contributed by atoms with Gasteiger partial charge in [-0.3, -0.25) is 4.79 Å². The Kier molecular flexibility index (Phi) is 4.97. The van der Waals surface area contributed by atoms with Crippen LogP contribution in [0.1, 0.15) is 43.5 Å². The van der Waals surface area contributed by atoms with Crippen molar-refractivity contribution in [2.45, 2.75) is 51.5 Å². The van der Waals surface area contributed by atoms with Crippen molar-refractivity contribution in [3.8, 4) is 11.3 Å². The molecular formula is C21H27N3O. The Balaban J connectivity index is 1.35. The van der Waals surface area contributed by atoms with E-state index in [4.69, 9.17) is 4.98 Å². The molecule has 1 saturated heterocycles. The van der Waals surface area contributed by atoms with Crippen LogP contribution >= 0.6 is 0 Å². The van der Waals surface area contributed by atoms with Gasteiger partial charge in [0.1, 0.15) is 11.6 Å². The standard InChI is InChI=1S/C21H27N3O/c25-19(14-17-8-10-22-11-9-17)7-6-16-3-1-4-18(13-16)20-15-24-12-2-5-21(24)23-20/h1,3-4,13,15,17,22H,2,5-12,14H2. The zero-order valence-corrected chi connectivity index (χ0v) is 14.8. The number of benzene rings is 1. The molecule has 1 N–H and O–H groups in total. The number of rotatable bonds is 6. The van der Waals surface area contributed by atoms with Crippen LogP contribution < -0.4 is 5.32 Å². The van der Waals surface area contributed by atoms with Crippen molar-refractivity contribution in [1.82, 2.24) is 14.9 Å². The summed E-state index contributed by atoms with van der Waals surface area (Å²) in [6.07, 6.45) is 9.02. The van der Waals surface area contributed by atoms with Gasteiger partial charge in [-0.15, -0.1) is 0 Å². The second-order valence-electron chi connectivity index (χ2n) is 7.48. The van der Waals surface area contributed by atoms with Crippen molar-refractivity contribution < 1.29 is 4.79 Å². The topological polar surface area (TPSA) is 46.9 Å². The Bertz CT molecular complexity index is 722. The fourth-order valence-electron chi connectivity index (χ4n) is 4.07. The number of carbonyl (C=O) groups is 1. The molecule has 0 atom stereocenters. The first-order valence-corrected chi connectivity index (χ1v) is 9.66. The highest BCUT2D eigenvalue weighted by atomic mass is 16.1. The predicted molar refractivity (Wildman–Crippen MR) is 99.5 cm³/mol. The Morgan fingerprint density at radius 3 is 3.00 bits per heavy atom. The number of nitrogens with zero attached hydrogens (tertiary/aromatic N) is 2. The van der Waals surface area contributed by atoms with Crippen molar-refractivity contribution in [2.75, 3.05) is 13.1 Å². The summed E-state index contributed by atoms with van der Waals surface area (Å²) in [5.41, 5.74) is 3.48. The molecule has 4 nitrogen and oxygen atoms in total. The van der Waals surface area contributed by atoms with Crippen molar-refractivity contribution in [3.63, 3.8) is 0 Å². The highest BCUT2D eigenvalue weighted by Crippen LogP contribution is 2.24. The van der Waals surface area contributed by atoms with E-state index in [0.29, 0.717) is 18.1 Å². The lowest BCUT2D eigenvalue weighted by Crippen LogP contribution is -2.28. The molecule has 4 heteroatoms. The van der Waals surface area contributed by atoms with Gasteiger partial charge >= 0.3 is 0 Å². The van der Waals surface area contributed by atoms with Gasteiger partial charge in [0.15, 0.2) is 0 Å². The van der Waals surface area contributed by atoms with Crippen molar-refractivity contribution in [3.05, 3.63) is 41.9 Å². The summed E-state index contributed by atoms with van der Waals surface area (Å²) in [6.45, 7) is 3.22. The first kappa shape index (κ1) is 16.5. The zero-order chi connectivity index (χ0) is 17.1. The number of aromatic nitrogens is 2.